The molecule has 2 heterocycles. The fraction of sp³-hybridized carbons (Fsp3) is 0.389. The average Bonchev–Trinajstić information content (AvgIpc) is 3.14. The first-order chi connectivity index (χ1) is 11.9. The third kappa shape index (κ3) is 3.71. The zero-order valence-electron chi connectivity index (χ0n) is 14.3. The number of aliphatic carboxylic acids is 1. The number of amides is 1. The van der Waals surface area contributed by atoms with Crippen molar-refractivity contribution in [2.45, 2.75) is 32.2 Å². The Hall–Kier alpha value is -2.67. The molecule has 1 atom stereocenters. The Balaban J connectivity index is 1.82. The van der Waals surface area contributed by atoms with Crippen LogP contribution in [-0.4, -0.2) is 45.5 Å². The molecule has 1 aromatic heterocycles. The molecule has 1 amide bonds. The predicted molar refractivity (Wildman–Crippen MR) is 90.9 cm³/mol. The Morgan fingerprint density at radius 2 is 2.04 bits per heavy atom. The first-order valence-corrected chi connectivity index (χ1v) is 8.14. The van der Waals surface area contributed by atoms with Gasteiger partial charge < -0.3 is 15.2 Å². The Labute approximate surface area is 145 Å². The topological polar surface area (TPSA) is 93.5 Å². The van der Waals surface area contributed by atoms with Gasteiger partial charge in [-0.25, -0.2) is 4.68 Å². The second kappa shape index (κ2) is 6.68. The highest BCUT2D eigenvalue weighted by Crippen LogP contribution is 2.23. The lowest BCUT2D eigenvalue weighted by Crippen LogP contribution is -2.50. The molecule has 1 unspecified atom stereocenters. The number of carbonyl (C=O) groups is 2. The number of carboxylic acids is 1. The van der Waals surface area contributed by atoms with Crippen LogP contribution in [0.15, 0.2) is 30.3 Å². The Bertz CT molecular complexity index is 789. The maximum absolute atomic E-state index is 12.6. The minimum atomic E-state index is -0.966. The van der Waals surface area contributed by atoms with Crippen molar-refractivity contribution in [3.8, 4) is 5.69 Å². The van der Waals surface area contributed by atoms with Gasteiger partial charge in [0.25, 0.3) is 5.91 Å². The van der Waals surface area contributed by atoms with Gasteiger partial charge in [0.2, 0.25) is 0 Å². The summed E-state index contributed by atoms with van der Waals surface area (Å²) in [6.07, 6.45) is 0.305. The second-order valence-electron chi connectivity index (χ2n) is 6.53. The summed E-state index contributed by atoms with van der Waals surface area (Å²) in [4.78, 5) is 23.7. The number of benzene rings is 1. The maximum Gasteiger partial charge on any atom is 0.305 e. The van der Waals surface area contributed by atoms with Gasteiger partial charge >= 0.3 is 5.97 Å². The summed E-state index contributed by atoms with van der Waals surface area (Å²) in [5.74, 6) is -1.35. The van der Waals surface area contributed by atoms with Crippen molar-refractivity contribution >= 4 is 11.9 Å². The van der Waals surface area contributed by atoms with E-state index < -0.39 is 11.5 Å². The standard InChI is InChI=1S/C18H21N3O4/c1-12-3-5-14(6-4-12)21-13(2)9-15(20-21)17(24)19-18(10-16(22)23)7-8-25-11-18/h3-6,9H,7-8,10-11H2,1-2H3,(H,19,24)(H,22,23). The molecule has 1 aliphatic rings. The van der Waals surface area contributed by atoms with Gasteiger partial charge in [-0.15, -0.1) is 0 Å². The smallest absolute Gasteiger partial charge is 0.305 e. The molecule has 0 saturated carbocycles. The molecule has 1 aliphatic heterocycles. The van der Waals surface area contributed by atoms with Crippen LogP contribution in [-0.2, 0) is 9.53 Å². The normalized spacial score (nSPS) is 19.8. The zero-order chi connectivity index (χ0) is 18.0. The highest BCUT2D eigenvalue weighted by atomic mass is 16.5. The summed E-state index contributed by atoms with van der Waals surface area (Å²) >= 11 is 0. The lowest BCUT2D eigenvalue weighted by molar-refractivity contribution is -0.138. The predicted octanol–water partition coefficient (Wildman–Crippen LogP) is 1.85. The van der Waals surface area contributed by atoms with Gasteiger partial charge in [-0.1, -0.05) is 17.7 Å². The number of nitrogens with one attached hydrogen (secondary N) is 1. The SMILES string of the molecule is Cc1ccc(-n2nc(C(=O)NC3(CC(=O)O)CCOC3)cc2C)cc1. The lowest BCUT2D eigenvalue weighted by atomic mass is 9.94. The first kappa shape index (κ1) is 17.2. The molecule has 0 aliphatic carbocycles. The summed E-state index contributed by atoms with van der Waals surface area (Å²) < 4.78 is 7.00. The number of rotatable bonds is 5. The molecule has 0 radical (unpaired) electrons. The molecular weight excluding hydrogens is 322 g/mol. The number of nitrogens with zero attached hydrogens (tertiary/aromatic N) is 2. The quantitative estimate of drug-likeness (QED) is 0.864. The number of ether oxygens (including phenoxy) is 1. The van der Waals surface area contributed by atoms with Crippen molar-refractivity contribution in [3.63, 3.8) is 0 Å². The van der Waals surface area contributed by atoms with Crippen molar-refractivity contribution in [3.05, 3.63) is 47.3 Å². The first-order valence-electron chi connectivity index (χ1n) is 8.14. The zero-order valence-corrected chi connectivity index (χ0v) is 14.3. The monoisotopic (exact) mass is 343 g/mol. The van der Waals surface area contributed by atoms with E-state index in [0.29, 0.717) is 13.0 Å². The van der Waals surface area contributed by atoms with Crippen LogP contribution in [0.2, 0.25) is 0 Å². The van der Waals surface area contributed by atoms with Crippen LogP contribution in [0.1, 0.15) is 34.6 Å². The molecule has 0 spiro atoms. The molecule has 7 heteroatoms. The van der Waals surface area contributed by atoms with Gasteiger partial charge in [0.15, 0.2) is 5.69 Å². The molecule has 1 fully saturated rings. The fourth-order valence-corrected chi connectivity index (χ4v) is 3.02. The maximum atomic E-state index is 12.6. The van der Waals surface area contributed by atoms with Crippen LogP contribution in [0.3, 0.4) is 0 Å². The third-order valence-corrected chi connectivity index (χ3v) is 4.37. The highest BCUT2D eigenvalue weighted by molar-refractivity contribution is 5.93. The second-order valence-corrected chi connectivity index (χ2v) is 6.53. The van der Waals surface area contributed by atoms with Gasteiger partial charge in [-0.3, -0.25) is 9.59 Å². The molecule has 132 valence electrons. The van der Waals surface area contributed by atoms with Gasteiger partial charge in [0.1, 0.15) is 0 Å². The Kier molecular flexibility index (Phi) is 4.59. The van der Waals surface area contributed by atoms with Crippen molar-refractivity contribution in [1.82, 2.24) is 15.1 Å². The van der Waals surface area contributed by atoms with E-state index in [9.17, 15) is 9.59 Å². The summed E-state index contributed by atoms with van der Waals surface area (Å²) in [6, 6.07) is 9.53. The lowest BCUT2D eigenvalue weighted by Gasteiger charge is -2.26. The minimum absolute atomic E-state index is 0.170. The number of aryl methyl sites for hydroxylation is 2. The van der Waals surface area contributed by atoms with E-state index in [1.165, 1.54) is 0 Å². The van der Waals surface area contributed by atoms with Crippen LogP contribution in [0.5, 0.6) is 0 Å². The number of carbonyl (C=O) groups excluding carboxylic acids is 1. The number of aromatic nitrogens is 2. The molecule has 1 saturated heterocycles. The van der Waals surface area contributed by atoms with E-state index >= 15 is 0 Å². The van der Waals surface area contributed by atoms with Crippen LogP contribution in [0.25, 0.3) is 5.69 Å². The van der Waals surface area contributed by atoms with E-state index in [1.807, 2.05) is 38.1 Å². The molecule has 7 nitrogen and oxygen atoms in total. The summed E-state index contributed by atoms with van der Waals surface area (Å²) in [5, 5.41) is 16.3. The van der Waals surface area contributed by atoms with Crippen LogP contribution < -0.4 is 5.32 Å². The van der Waals surface area contributed by atoms with Gasteiger partial charge in [-0.05, 0) is 38.5 Å². The summed E-state index contributed by atoms with van der Waals surface area (Å²) in [7, 11) is 0. The van der Waals surface area contributed by atoms with Gasteiger partial charge in [0, 0.05) is 12.3 Å². The van der Waals surface area contributed by atoms with E-state index in [0.717, 1.165) is 16.9 Å². The van der Waals surface area contributed by atoms with Crippen molar-refractivity contribution in [2.24, 2.45) is 0 Å². The number of hydrogen-bond donors (Lipinski definition) is 2. The fourth-order valence-electron chi connectivity index (χ4n) is 3.02. The van der Waals surface area contributed by atoms with Gasteiger partial charge in [-0.2, -0.15) is 5.10 Å². The van der Waals surface area contributed by atoms with E-state index in [4.69, 9.17) is 9.84 Å². The molecule has 25 heavy (non-hydrogen) atoms. The average molecular weight is 343 g/mol. The number of carboxylic acid groups (broad SMARTS) is 1. The molecule has 3 rings (SSSR count). The minimum Gasteiger partial charge on any atom is -0.481 e. The summed E-state index contributed by atoms with van der Waals surface area (Å²) in [5.41, 5.74) is 2.22. The Morgan fingerprint density at radius 3 is 2.64 bits per heavy atom. The van der Waals surface area contributed by atoms with E-state index in [2.05, 4.69) is 10.4 Å². The van der Waals surface area contributed by atoms with Crippen LogP contribution in [0, 0.1) is 13.8 Å². The highest BCUT2D eigenvalue weighted by Gasteiger charge is 2.39. The largest absolute Gasteiger partial charge is 0.481 e. The van der Waals surface area contributed by atoms with Crippen LogP contribution in [0.4, 0.5) is 0 Å². The molecule has 1 aromatic carbocycles. The third-order valence-electron chi connectivity index (χ3n) is 4.37. The molecular formula is C18H21N3O4. The van der Waals surface area contributed by atoms with E-state index in [-0.39, 0.29) is 24.6 Å². The molecule has 2 N–H and O–H groups in total. The molecule has 2 aromatic rings. The van der Waals surface area contributed by atoms with E-state index in [1.54, 1.807) is 10.7 Å². The summed E-state index contributed by atoms with van der Waals surface area (Å²) in [6.45, 7) is 4.51. The van der Waals surface area contributed by atoms with Crippen molar-refractivity contribution in [1.29, 1.82) is 0 Å². The molecule has 0 bridgehead atoms. The van der Waals surface area contributed by atoms with Crippen molar-refractivity contribution in [2.75, 3.05) is 13.2 Å². The number of hydrogen-bond acceptors (Lipinski definition) is 4. The van der Waals surface area contributed by atoms with Gasteiger partial charge in [0.05, 0.1) is 24.3 Å². The van der Waals surface area contributed by atoms with Crippen LogP contribution >= 0.6 is 0 Å². The Morgan fingerprint density at radius 1 is 1.32 bits per heavy atom. The van der Waals surface area contributed by atoms with Crippen molar-refractivity contribution < 1.29 is 19.4 Å².